The largest absolute Gasteiger partial charge is 0.465 e. The molecule has 0 amide bonds. The molecule has 0 radical (unpaired) electrons. The number of benzene rings is 1. The van der Waals surface area contributed by atoms with Crippen LogP contribution in [0.4, 0.5) is 0 Å². The van der Waals surface area contributed by atoms with Crippen molar-refractivity contribution in [3.8, 4) is 5.75 Å². The highest BCUT2D eigenvalue weighted by Gasteiger charge is 2.34. The van der Waals surface area contributed by atoms with Gasteiger partial charge in [-0.1, -0.05) is 33.4 Å². The molecule has 26 heavy (non-hydrogen) atoms. The van der Waals surface area contributed by atoms with Gasteiger partial charge in [0.1, 0.15) is 5.75 Å². The van der Waals surface area contributed by atoms with E-state index in [2.05, 4.69) is 6.92 Å². The first-order valence-corrected chi connectivity index (χ1v) is 8.89. The molecule has 1 aromatic rings. The van der Waals surface area contributed by atoms with Crippen molar-refractivity contribution < 1.29 is 24.2 Å². The fraction of sp³-hybridized carbons (Fsp3) is 0.619. The van der Waals surface area contributed by atoms with Gasteiger partial charge in [0.2, 0.25) is 0 Å². The maximum absolute atomic E-state index is 12.5. The third kappa shape index (κ3) is 7.56. The van der Waals surface area contributed by atoms with E-state index in [1.165, 1.54) is 6.92 Å². The molecule has 0 fully saturated rings. The third-order valence-corrected chi connectivity index (χ3v) is 4.53. The van der Waals surface area contributed by atoms with Gasteiger partial charge < -0.3 is 14.6 Å². The normalized spacial score (nSPS) is 13.9. The van der Waals surface area contributed by atoms with Gasteiger partial charge in [0.05, 0.1) is 12.0 Å². The molecule has 2 unspecified atom stereocenters. The van der Waals surface area contributed by atoms with E-state index in [9.17, 15) is 9.59 Å². The smallest absolute Gasteiger partial charge is 0.311 e. The molecule has 0 saturated heterocycles. The van der Waals surface area contributed by atoms with Crippen LogP contribution >= 0.6 is 0 Å². The van der Waals surface area contributed by atoms with Crippen LogP contribution < -0.4 is 4.74 Å². The van der Waals surface area contributed by atoms with Gasteiger partial charge in [0, 0.05) is 13.5 Å². The highest BCUT2D eigenvalue weighted by molar-refractivity contribution is 5.76. The molecule has 5 heteroatoms. The number of aliphatic hydroxyl groups excluding tert-OH is 1. The van der Waals surface area contributed by atoms with Crippen molar-refractivity contribution in [3.63, 3.8) is 0 Å². The zero-order valence-electron chi connectivity index (χ0n) is 15.7. The van der Waals surface area contributed by atoms with E-state index < -0.39 is 5.41 Å². The number of ether oxygens (including phenoxy) is 2. The molecule has 1 aromatic carbocycles. The molecule has 0 saturated carbocycles. The summed E-state index contributed by atoms with van der Waals surface area (Å²) in [4.78, 5) is 23.4. The van der Waals surface area contributed by atoms with Gasteiger partial charge in [-0.2, -0.15) is 0 Å². The van der Waals surface area contributed by atoms with E-state index in [4.69, 9.17) is 14.6 Å². The lowest BCUT2D eigenvalue weighted by atomic mass is 9.77. The Morgan fingerprint density at radius 1 is 1.19 bits per heavy atom. The molecule has 1 rings (SSSR count). The van der Waals surface area contributed by atoms with Crippen molar-refractivity contribution in [2.75, 3.05) is 13.2 Å². The fourth-order valence-corrected chi connectivity index (χ4v) is 2.75. The van der Waals surface area contributed by atoms with Gasteiger partial charge in [-0.15, -0.1) is 0 Å². The Labute approximate surface area is 157 Å². The second kappa shape index (κ2) is 11.7. The van der Waals surface area contributed by atoms with Crippen LogP contribution in [-0.4, -0.2) is 30.3 Å². The van der Waals surface area contributed by atoms with E-state index >= 15 is 0 Å². The second-order valence-corrected chi connectivity index (χ2v) is 6.75. The topological polar surface area (TPSA) is 72.8 Å². The predicted octanol–water partition coefficient (Wildman–Crippen LogP) is 4.47. The maximum Gasteiger partial charge on any atom is 0.311 e. The van der Waals surface area contributed by atoms with Crippen molar-refractivity contribution in [2.24, 2.45) is 5.41 Å². The standard InChI is InChI=1S/C20H30O5.CH4/c1-5-20(4,19(23)24-13-7-6-12-21)14-15(2)17-8-10-18(11-9-17)25-16(3)22;/h8-11,15,21H,5-7,12-14H2,1-4H3;1H4. The minimum Gasteiger partial charge on any atom is -0.465 e. The summed E-state index contributed by atoms with van der Waals surface area (Å²) in [6.07, 6.45) is 2.69. The molecule has 5 nitrogen and oxygen atoms in total. The van der Waals surface area contributed by atoms with Crippen LogP contribution in [0.15, 0.2) is 24.3 Å². The Morgan fingerprint density at radius 2 is 1.81 bits per heavy atom. The van der Waals surface area contributed by atoms with E-state index in [-0.39, 0.29) is 31.9 Å². The van der Waals surface area contributed by atoms with E-state index in [1.54, 1.807) is 12.1 Å². The fourth-order valence-electron chi connectivity index (χ4n) is 2.75. The van der Waals surface area contributed by atoms with Crippen molar-refractivity contribution in [3.05, 3.63) is 29.8 Å². The summed E-state index contributed by atoms with van der Waals surface area (Å²) in [5.41, 5.74) is 0.538. The van der Waals surface area contributed by atoms with Crippen LogP contribution in [0.2, 0.25) is 0 Å². The Bertz CT molecular complexity index is 552. The number of carbonyl (C=O) groups excluding carboxylic acids is 2. The van der Waals surface area contributed by atoms with Gasteiger partial charge >= 0.3 is 11.9 Å². The van der Waals surface area contributed by atoms with Gasteiger partial charge in [-0.3, -0.25) is 9.59 Å². The number of hydrogen-bond acceptors (Lipinski definition) is 5. The quantitative estimate of drug-likeness (QED) is 0.376. The van der Waals surface area contributed by atoms with E-state index in [0.717, 1.165) is 5.56 Å². The summed E-state index contributed by atoms with van der Waals surface area (Å²) in [6.45, 7) is 7.84. The second-order valence-electron chi connectivity index (χ2n) is 6.75. The summed E-state index contributed by atoms with van der Waals surface area (Å²) in [7, 11) is 0. The summed E-state index contributed by atoms with van der Waals surface area (Å²) in [5, 5.41) is 8.78. The van der Waals surface area contributed by atoms with Crippen LogP contribution in [0.1, 0.15) is 72.3 Å². The predicted molar refractivity (Wildman–Crippen MR) is 103 cm³/mol. The van der Waals surface area contributed by atoms with Crippen molar-refractivity contribution in [2.45, 2.75) is 66.7 Å². The Hall–Kier alpha value is -1.88. The molecular weight excluding hydrogens is 332 g/mol. The van der Waals surface area contributed by atoms with Gasteiger partial charge in [0.25, 0.3) is 0 Å². The lowest BCUT2D eigenvalue weighted by Gasteiger charge is -2.29. The average Bonchev–Trinajstić information content (AvgIpc) is 2.58. The number of carbonyl (C=O) groups is 2. The molecule has 148 valence electrons. The summed E-state index contributed by atoms with van der Waals surface area (Å²) >= 11 is 0. The zero-order chi connectivity index (χ0) is 18.9. The maximum atomic E-state index is 12.5. The number of aliphatic hydroxyl groups is 1. The lowest BCUT2D eigenvalue weighted by molar-refractivity contribution is -0.156. The van der Waals surface area contributed by atoms with Crippen LogP contribution in [0.3, 0.4) is 0 Å². The first-order valence-electron chi connectivity index (χ1n) is 8.89. The van der Waals surface area contributed by atoms with Crippen LogP contribution in [0.5, 0.6) is 5.75 Å². The van der Waals surface area contributed by atoms with Gasteiger partial charge in [0.15, 0.2) is 0 Å². The molecule has 0 aliphatic carbocycles. The number of rotatable bonds is 10. The highest BCUT2D eigenvalue weighted by atomic mass is 16.5. The monoisotopic (exact) mass is 366 g/mol. The molecule has 0 bridgehead atoms. The Kier molecular flexibility index (Phi) is 10.8. The van der Waals surface area contributed by atoms with Gasteiger partial charge in [-0.25, -0.2) is 0 Å². The summed E-state index contributed by atoms with van der Waals surface area (Å²) in [6, 6.07) is 7.38. The van der Waals surface area contributed by atoms with E-state index in [1.807, 2.05) is 26.0 Å². The molecule has 0 spiro atoms. The van der Waals surface area contributed by atoms with Gasteiger partial charge in [-0.05, 0) is 56.2 Å². The average molecular weight is 366 g/mol. The SMILES string of the molecule is C.CCC(C)(CC(C)c1ccc(OC(C)=O)cc1)C(=O)OCCCCO. The molecule has 0 aromatic heterocycles. The lowest BCUT2D eigenvalue weighted by Crippen LogP contribution is -2.31. The van der Waals surface area contributed by atoms with Crippen molar-refractivity contribution >= 4 is 11.9 Å². The number of esters is 2. The zero-order valence-corrected chi connectivity index (χ0v) is 15.7. The number of hydrogen-bond donors (Lipinski definition) is 1. The molecule has 0 heterocycles. The van der Waals surface area contributed by atoms with Crippen LogP contribution in [-0.2, 0) is 14.3 Å². The molecule has 2 atom stereocenters. The molecule has 1 N–H and O–H groups in total. The Morgan fingerprint density at radius 3 is 2.31 bits per heavy atom. The molecular formula is C21H34O5. The summed E-state index contributed by atoms with van der Waals surface area (Å²) < 4.78 is 10.4. The molecule has 0 aliphatic heterocycles. The minimum atomic E-state index is -0.548. The highest BCUT2D eigenvalue weighted by Crippen LogP contribution is 2.36. The van der Waals surface area contributed by atoms with E-state index in [0.29, 0.717) is 38.0 Å². The van der Waals surface area contributed by atoms with Crippen molar-refractivity contribution in [1.29, 1.82) is 0 Å². The number of unbranched alkanes of at least 4 members (excludes halogenated alkanes) is 1. The molecule has 0 aliphatic rings. The minimum absolute atomic E-state index is 0. The first-order chi connectivity index (χ1) is 11.8. The van der Waals surface area contributed by atoms with Crippen LogP contribution in [0, 0.1) is 5.41 Å². The summed E-state index contributed by atoms with van der Waals surface area (Å²) in [5.74, 6) is 0.158. The van der Waals surface area contributed by atoms with Crippen LogP contribution in [0.25, 0.3) is 0 Å². The third-order valence-electron chi connectivity index (χ3n) is 4.53. The first kappa shape index (κ1) is 24.1. The van der Waals surface area contributed by atoms with Crippen molar-refractivity contribution in [1.82, 2.24) is 0 Å². The Balaban J connectivity index is 0.00000625.